The molecule has 3 aliphatic rings. The molecule has 3 fully saturated rings. The molecule has 2 unspecified atom stereocenters. The molecule has 3 aliphatic heterocycles. The Hall–Kier alpha value is -2.50. The van der Waals surface area contributed by atoms with Crippen molar-refractivity contribution in [3.8, 4) is 0 Å². The number of aromatic nitrogens is 3. The van der Waals surface area contributed by atoms with Crippen molar-refractivity contribution in [1.82, 2.24) is 19.9 Å². The number of rotatable bonds is 2. The SMILES string of the molecule is Cc1cc(C)nc(N2CC3CCC2CN3C(=O)c2ccncc2C)n1. The van der Waals surface area contributed by atoms with Crippen LogP contribution < -0.4 is 4.90 Å². The first-order valence-corrected chi connectivity index (χ1v) is 8.83. The lowest BCUT2D eigenvalue weighted by molar-refractivity contribution is 0.0501. The molecule has 2 atom stereocenters. The number of fused-ring (bicyclic) bond motifs is 3. The van der Waals surface area contributed by atoms with E-state index in [-0.39, 0.29) is 18.0 Å². The van der Waals surface area contributed by atoms with E-state index in [1.54, 1.807) is 12.4 Å². The predicted molar refractivity (Wildman–Crippen MR) is 95.7 cm³/mol. The summed E-state index contributed by atoms with van der Waals surface area (Å²) in [7, 11) is 0. The zero-order valence-corrected chi connectivity index (χ0v) is 14.9. The van der Waals surface area contributed by atoms with Crippen molar-refractivity contribution in [2.24, 2.45) is 0 Å². The second kappa shape index (κ2) is 6.10. The highest BCUT2D eigenvalue weighted by molar-refractivity contribution is 5.96. The van der Waals surface area contributed by atoms with E-state index in [1.165, 1.54) is 0 Å². The third kappa shape index (κ3) is 2.86. The summed E-state index contributed by atoms with van der Waals surface area (Å²) in [6.07, 6.45) is 5.57. The van der Waals surface area contributed by atoms with Crippen LogP contribution in [-0.4, -0.2) is 50.9 Å². The van der Waals surface area contributed by atoms with Gasteiger partial charge in [-0.15, -0.1) is 0 Å². The molecule has 130 valence electrons. The molecule has 25 heavy (non-hydrogen) atoms. The molecule has 6 heteroatoms. The Kier molecular flexibility index (Phi) is 3.90. The van der Waals surface area contributed by atoms with Gasteiger partial charge in [-0.05, 0) is 51.3 Å². The predicted octanol–water partition coefficient (Wildman–Crippen LogP) is 2.29. The van der Waals surface area contributed by atoms with Crippen LogP contribution in [0.15, 0.2) is 24.5 Å². The van der Waals surface area contributed by atoms with Crippen LogP contribution >= 0.6 is 0 Å². The largest absolute Gasteiger partial charge is 0.334 e. The summed E-state index contributed by atoms with van der Waals surface area (Å²) < 4.78 is 0. The van der Waals surface area contributed by atoms with Crippen molar-refractivity contribution in [1.29, 1.82) is 0 Å². The Morgan fingerprint density at radius 1 is 1.08 bits per heavy atom. The number of amides is 1. The van der Waals surface area contributed by atoms with E-state index in [1.807, 2.05) is 37.8 Å². The zero-order valence-electron chi connectivity index (χ0n) is 14.9. The van der Waals surface area contributed by atoms with Crippen LogP contribution in [0.2, 0.25) is 0 Å². The van der Waals surface area contributed by atoms with Crippen LogP contribution in [-0.2, 0) is 0 Å². The highest BCUT2D eigenvalue weighted by Gasteiger charge is 2.42. The highest BCUT2D eigenvalue weighted by Crippen LogP contribution is 2.32. The number of carbonyl (C=O) groups excluding carboxylic acids is 1. The second-order valence-corrected chi connectivity index (χ2v) is 7.14. The van der Waals surface area contributed by atoms with Crippen molar-refractivity contribution < 1.29 is 4.79 Å². The van der Waals surface area contributed by atoms with Crippen LogP contribution in [0.4, 0.5) is 5.95 Å². The minimum absolute atomic E-state index is 0.121. The fourth-order valence-electron chi connectivity index (χ4n) is 4.03. The summed E-state index contributed by atoms with van der Waals surface area (Å²) in [6.45, 7) is 7.49. The van der Waals surface area contributed by atoms with Crippen molar-refractivity contribution in [2.45, 2.75) is 45.7 Å². The molecule has 0 N–H and O–H groups in total. The quantitative estimate of drug-likeness (QED) is 0.841. The monoisotopic (exact) mass is 337 g/mol. The van der Waals surface area contributed by atoms with Crippen LogP contribution in [0.3, 0.4) is 0 Å². The van der Waals surface area contributed by atoms with Gasteiger partial charge in [0.25, 0.3) is 5.91 Å². The Morgan fingerprint density at radius 2 is 1.80 bits per heavy atom. The molecular formula is C19H23N5O. The second-order valence-electron chi connectivity index (χ2n) is 7.14. The standard InChI is InChI=1S/C19H23N5O/c1-12-9-20-7-6-17(12)18(25)23-10-16-5-4-15(23)11-24(16)19-21-13(2)8-14(3)22-19/h6-9,15-16H,4-5,10-11H2,1-3H3. The number of nitrogens with zero attached hydrogens (tertiary/aromatic N) is 5. The highest BCUT2D eigenvalue weighted by atomic mass is 16.2. The lowest BCUT2D eigenvalue weighted by Crippen LogP contribution is -2.64. The van der Waals surface area contributed by atoms with E-state index < -0.39 is 0 Å². The van der Waals surface area contributed by atoms with Crippen LogP contribution in [0.5, 0.6) is 0 Å². The van der Waals surface area contributed by atoms with Gasteiger partial charge in [0.2, 0.25) is 5.95 Å². The summed E-state index contributed by atoms with van der Waals surface area (Å²) >= 11 is 0. The molecule has 0 radical (unpaired) electrons. The van der Waals surface area contributed by atoms with Gasteiger partial charge < -0.3 is 9.80 Å². The number of carbonyl (C=O) groups is 1. The molecule has 1 amide bonds. The normalized spacial score (nSPS) is 22.4. The van der Waals surface area contributed by atoms with E-state index in [2.05, 4.69) is 19.9 Å². The van der Waals surface area contributed by atoms with Gasteiger partial charge in [0, 0.05) is 54.5 Å². The van der Waals surface area contributed by atoms with Crippen molar-refractivity contribution in [3.63, 3.8) is 0 Å². The summed E-state index contributed by atoms with van der Waals surface area (Å²) in [5, 5.41) is 0. The topological polar surface area (TPSA) is 62.2 Å². The minimum Gasteiger partial charge on any atom is -0.334 e. The molecule has 0 aromatic carbocycles. The number of piperidine rings is 2. The maximum atomic E-state index is 13.0. The molecule has 2 aromatic rings. The van der Waals surface area contributed by atoms with Gasteiger partial charge in [-0.2, -0.15) is 0 Å². The summed E-state index contributed by atoms with van der Waals surface area (Å²) in [5.74, 6) is 0.926. The summed E-state index contributed by atoms with van der Waals surface area (Å²) in [6, 6.07) is 4.32. The smallest absolute Gasteiger partial charge is 0.254 e. The first-order chi connectivity index (χ1) is 12.0. The molecule has 2 aromatic heterocycles. The Morgan fingerprint density at radius 3 is 2.44 bits per heavy atom. The summed E-state index contributed by atoms with van der Waals surface area (Å²) in [4.78, 5) is 30.7. The molecule has 6 nitrogen and oxygen atoms in total. The van der Waals surface area contributed by atoms with E-state index in [0.29, 0.717) is 0 Å². The first-order valence-electron chi connectivity index (χ1n) is 8.83. The van der Waals surface area contributed by atoms with Crippen LogP contribution in [0.25, 0.3) is 0 Å². The molecule has 0 saturated carbocycles. The first kappa shape index (κ1) is 16.0. The number of hydrogen-bond acceptors (Lipinski definition) is 5. The maximum absolute atomic E-state index is 13.0. The third-order valence-corrected chi connectivity index (χ3v) is 5.27. The third-order valence-electron chi connectivity index (χ3n) is 5.27. The lowest BCUT2D eigenvalue weighted by atomic mass is 9.90. The number of pyridine rings is 1. The lowest BCUT2D eigenvalue weighted by Gasteiger charge is -2.51. The van der Waals surface area contributed by atoms with Crippen LogP contribution in [0, 0.1) is 20.8 Å². The zero-order chi connectivity index (χ0) is 17.6. The van der Waals surface area contributed by atoms with E-state index in [4.69, 9.17) is 0 Å². The maximum Gasteiger partial charge on any atom is 0.254 e. The Balaban J connectivity index is 1.58. The van der Waals surface area contributed by atoms with E-state index >= 15 is 0 Å². The Labute approximate surface area is 147 Å². The number of aryl methyl sites for hydroxylation is 3. The van der Waals surface area contributed by atoms with Crippen molar-refractivity contribution in [2.75, 3.05) is 18.0 Å². The van der Waals surface area contributed by atoms with Gasteiger partial charge in [0.15, 0.2) is 0 Å². The summed E-state index contributed by atoms with van der Waals surface area (Å²) in [5.41, 5.74) is 3.67. The number of hydrogen-bond donors (Lipinski definition) is 0. The minimum atomic E-state index is 0.121. The average molecular weight is 337 g/mol. The fourth-order valence-corrected chi connectivity index (χ4v) is 4.03. The fraction of sp³-hybridized carbons (Fsp3) is 0.474. The molecule has 5 heterocycles. The van der Waals surface area contributed by atoms with Crippen LogP contribution in [0.1, 0.15) is 40.2 Å². The molecule has 2 bridgehead atoms. The number of anilines is 1. The van der Waals surface area contributed by atoms with Gasteiger partial charge in [-0.25, -0.2) is 9.97 Å². The Bertz CT molecular complexity index is 801. The molecular weight excluding hydrogens is 314 g/mol. The number of piperazine rings is 1. The molecule has 0 spiro atoms. The van der Waals surface area contributed by atoms with E-state index in [9.17, 15) is 4.79 Å². The van der Waals surface area contributed by atoms with Gasteiger partial charge >= 0.3 is 0 Å². The average Bonchev–Trinajstić information content (AvgIpc) is 2.61. The van der Waals surface area contributed by atoms with Gasteiger partial charge in [-0.1, -0.05) is 0 Å². The van der Waals surface area contributed by atoms with E-state index in [0.717, 1.165) is 54.4 Å². The van der Waals surface area contributed by atoms with Crippen molar-refractivity contribution in [3.05, 3.63) is 47.0 Å². The molecule has 3 saturated heterocycles. The van der Waals surface area contributed by atoms with Gasteiger partial charge in [0.05, 0.1) is 0 Å². The van der Waals surface area contributed by atoms with Crippen molar-refractivity contribution >= 4 is 11.9 Å². The molecule has 0 aliphatic carbocycles. The molecule has 5 rings (SSSR count). The van der Waals surface area contributed by atoms with Gasteiger partial charge in [-0.3, -0.25) is 9.78 Å². The van der Waals surface area contributed by atoms with Gasteiger partial charge in [0.1, 0.15) is 0 Å².